The molecule has 3 aromatic carbocycles. The van der Waals surface area contributed by atoms with Crippen molar-refractivity contribution in [3.63, 3.8) is 0 Å². The Labute approximate surface area is 300 Å². The molecule has 3 aromatic rings. The second-order valence-electron chi connectivity index (χ2n) is 12.4. The maximum Gasteiger partial charge on any atom is 0.275 e. The number of amides is 1. The lowest BCUT2D eigenvalue weighted by Crippen LogP contribution is -2.47. The van der Waals surface area contributed by atoms with Crippen LogP contribution in [0.1, 0.15) is 75.2 Å². The van der Waals surface area contributed by atoms with E-state index in [0.29, 0.717) is 48.5 Å². The zero-order chi connectivity index (χ0) is 35.7. The van der Waals surface area contributed by atoms with E-state index in [1.54, 1.807) is 18.2 Å². The molecular weight excluding hydrogens is 629 g/mol. The number of likely N-dealkylation sites (N-methyl/N-ethyl adjacent to an activating group) is 1. The number of thiol groups is 1. The number of nitrogens with one attached hydrogen (secondary N) is 1. The third-order valence-corrected chi connectivity index (χ3v) is 7.95. The molecule has 0 saturated heterocycles. The van der Waals surface area contributed by atoms with Gasteiger partial charge in [0.25, 0.3) is 5.91 Å². The largest absolute Gasteiger partial charge is 0.494 e. The third-order valence-electron chi connectivity index (χ3n) is 7.68. The van der Waals surface area contributed by atoms with Gasteiger partial charge in [0, 0.05) is 17.7 Å². The van der Waals surface area contributed by atoms with E-state index in [4.69, 9.17) is 9.47 Å². The Bertz CT molecular complexity index is 1450. The Morgan fingerprint density at radius 3 is 1.96 bits per heavy atom. The molecule has 0 spiro atoms. The fraction of sp³-hybridized carbons (Fsp3) is 0.381. The number of carbonyl (C=O) groups is 2. The summed E-state index contributed by atoms with van der Waals surface area (Å²) in [6, 6.07) is 27.1. The van der Waals surface area contributed by atoms with Crippen LogP contribution in [0.5, 0.6) is 11.5 Å². The monoisotopic (exact) mass is 685 g/mol. The fourth-order valence-electron chi connectivity index (χ4n) is 4.85. The number of quaternary nitrogens is 1. The quantitative estimate of drug-likeness (QED) is 0.0293. The molecule has 0 saturated carbocycles. The lowest BCUT2D eigenvalue weighted by Gasteiger charge is -2.27. The fourth-order valence-corrected chi connectivity index (χ4v) is 5.05. The third kappa shape index (κ3) is 17.8. The second-order valence-corrected chi connectivity index (χ2v) is 12.7. The number of ether oxygens (including phenoxy) is 2. The Kier molecular flexibility index (Phi) is 20.2. The van der Waals surface area contributed by atoms with Crippen molar-refractivity contribution in [2.45, 2.75) is 65.9 Å². The minimum absolute atomic E-state index is 0.0635. The van der Waals surface area contributed by atoms with Crippen LogP contribution in [0.2, 0.25) is 0 Å². The topological polar surface area (TPSA) is 64.6 Å². The number of carbonyl (C=O) groups excluding carboxylic acids is 2. The van der Waals surface area contributed by atoms with Crippen molar-refractivity contribution in [1.82, 2.24) is 5.32 Å². The van der Waals surface area contributed by atoms with Crippen LogP contribution in [-0.2, 0) is 11.4 Å². The molecule has 0 heterocycles. The van der Waals surface area contributed by atoms with Crippen molar-refractivity contribution in [2.24, 2.45) is 0 Å². The van der Waals surface area contributed by atoms with Gasteiger partial charge >= 0.3 is 0 Å². The Balaban J connectivity index is 0.00000409. The summed E-state index contributed by atoms with van der Waals surface area (Å²) < 4.78 is 12.3. The summed E-state index contributed by atoms with van der Waals surface area (Å²) in [6.07, 6.45) is 12.4. The molecule has 6 nitrogen and oxygen atoms in total. The van der Waals surface area contributed by atoms with Gasteiger partial charge in [-0.1, -0.05) is 112 Å². The van der Waals surface area contributed by atoms with Gasteiger partial charge in [-0.05, 0) is 66.7 Å². The van der Waals surface area contributed by atoms with Crippen molar-refractivity contribution in [3.8, 4) is 11.5 Å². The predicted octanol–water partition coefficient (Wildman–Crippen LogP) is 9.40. The summed E-state index contributed by atoms with van der Waals surface area (Å²) in [4.78, 5) is 25.2. The van der Waals surface area contributed by atoms with Gasteiger partial charge in [0.2, 0.25) is 0 Å². The first-order valence-corrected chi connectivity index (χ1v) is 18.0. The number of nitrogens with zero attached hydrogens (tertiary/aromatic N) is 1. The highest BCUT2D eigenvalue weighted by atomic mass is 32.1. The summed E-state index contributed by atoms with van der Waals surface area (Å²) in [7, 11) is 4.09. The number of ketones is 1. The van der Waals surface area contributed by atoms with Crippen LogP contribution in [0.3, 0.4) is 0 Å². The van der Waals surface area contributed by atoms with Gasteiger partial charge in [-0.2, -0.15) is 12.6 Å². The molecule has 0 atom stereocenters. The summed E-state index contributed by atoms with van der Waals surface area (Å²) in [5.74, 6) is 1.71. The number of hydrogen-bond acceptors (Lipinski definition) is 5. The van der Waals surface area contributed by atoms with Gasteiger partial charge in [0.05, 0.1) is 27.2 Å². The van der Waals surface area contributed by atoms with E-state index in [-0.39, 0.29) is 11.7 Å². The Hall–Kier alpha value is -4.07. The average Bonchev–Trinajstić information content (AvgIpc) is 3.12. The SMILES string of the molecule is CC.CC(/C=C\C(=C/S)C(=O)c1ccccc1)=C\C[N+](C)(C)CC(=O)NCCCCCCCCOc1ccc(OCc2ccccc2)cc1. The summed E-state index contributed by atoms with van der Waals surface area (Å²) in [5.41, 5.74) is 3.33. The molecule has 0 unspecified atom stereocenters. The van der Waals surface area contributed by atoms with E-state index >= 15 is 0 Å². The minimum atomic E-state index is -0.0635. The zero-order valence-electron chi connectivity index (χ0n) is 30.2. The van der Waals surface area contributed by atoms with Crippen LogP contribution in [-0.4, -0.2) is 56.5 Å². The van der Waals surface area contributed by atoms with Gasteiger partial charge in [-0.15, -0.1) is 0 Å². The standard InChI is InChI=1S/C40H50N2O4S.C2H6/c1-33(20-21-36(32-47)40(44)35-18-12-9-13-19-35)26-28-42(2,3)30-39(43)41-27-14-6-4-5-7-15-29-45-37-22-24-38(25-23-37)46-31-34-16-10-8-11-17-34;1-2/h8-13,16-26,32H,4-7,14-15,27-31H2,1-3H3,(H-,41,43,44,47);1-2H3/p+1/b21-20-,33-26+;. The number of unbranched alkanes of at least 4 members (excludes halogenated alkanes) is 5. The van der Waals surface area contributed by atoms with Crippen molar-refractivity contribution in [1.29, 1.82) is 0 Å². The molecule has 1 amide bonds. The molecule has 0 radical (unpaired) electrons. The maximum atomic E-state index is 12.7. The van der Waals surface area contributed by atoms with E-state index in [1.807, 2.05) is 102 Å². The smallest absolute Gasteiger partial charge is 0.275 e. The highest BCUT2D eigenvalue weighted by Crippen LogP contribution is 2.19. The Morgan fingerprint density at radius 1 is 0.755 bits per heavy atom. The van der Waals surface area contributed by atoms with Crippen LogP contribution in [0.15, 0.2) is 120 Å². The second kappa shape index (κ2) is 24.1. The van der Waals surface area contributed by atoms with Crippen LogP contribution < -0.4 is 14.8 Å². The molecule has 0 bridgehead atoms. The molecule has 7 heteroatoms. The first kappa shape index (κ1) is 41.1. The minimum Gasteiger partial charge on any atom is -0.494 e. The molecule has 264 valence electrons. The van der Waals surface area contributed by atoms with E-state index in [2.05, 4.69) is 36.2 Å². The molecule has 0 aromatic heterocycles. The molecule has 0 aliphatic carbocycles. The van der Waals surface area contributed by atoms with Gasteiger partial charge in [0.1, 0.15) is 18.1 Å². The number of Topliss-reactive ketones (excluding diaryl/α,β-unsaturated/α-hetero) is 1. The van der Waals surface area contributed by atoms with E-state index < -0.39 is 0 Å². The first-order valence-electron chi connectivity index (χ1n) is 17.5. The maximum absolute atomic E-state index is 12.7. The van der Waals surface area contributed by atoms with Gasteiger partial charge in [0.15, 0.2) is 12.3 Å². The molecule has 3 rings (SSSR count). The van der Waals surface area contributed by atoms with Crippen molar-refractivity contribution in [3.05, 3.63) is 131 Å². The number of allylic oxidation sites excluding steroid dienone is 4. The van der Waals surface area contributed by atoms with Gasteiger partial charge < -0.3 is 19.3 Å². The number of rotatable bonds is 21. The molecule has 1 N–H and O–H groups in total. The molecule has 0 fully saturated rings. The van der Waals surface area contributed by atoms with Gasteiger partial charge in [-0.3, -0.25) is 9.59 Å². The van der Waals surface area contributed by atoms with Crippen LogP contribution >= 0.6 is 12.6 Å². The number of benzene rings is 3. The molecule has 0 aliphatic rings. The average molecular weight is 686 g/mol. The first-order chi connectivity index (χ1) is 23.8. The highest BCUT2D eigenvalue weighted by Gasteiger charge is 2.18. The van der Waals surface area contributed by atoms with E-state index in [0.717, 1.165) is 54.7 Å². The zero-order valence-corrected chi connectivity index (χ0v) is 31.1. The molecular formula is C42H57N2O4S+. The van der Waals surface area contributed by atoms with E-state index in [1.165, 1.54) is 11.8 Å². The Morgan fingerprint density at radius 2 is 1.33 bits per heavy atom. The normalized spacial score (nSPS) is 11.9. The molecule has 49 heavy (non-hydrogen) atoms. The van der Waals surface area contributed by atoms with Crippen LogP contribution in [0.25, 0.3) is 0 Å². The molecule has 0 aliphatic heterocycles. The van der Waals surface area contributed by atoms with Crippen LogP contribution in [0, 0.1) is 0 Å². The van der Waals surface area contributed by atoms with Gasteiger partial charge in [-0.25, -0.2) is 0 Å². The van der Waals surface area contributed by atoms with Crippen LogP contribution in [0.4, 0.5) is 0 Å². The summed E-state index contributed by atoms with van der Waals surface area (Å²) in [6.45, 7) is 9.08. The predicted molar refractivity (Wildman–Crippen MR) is 207 cm³/mol. The van der Waals surface area contributed by atoms with E-state index in [9.17, 15) is 9.59 Å². The summed E-state index contributed by atoms with van der Waals surface area (Å²) >= 11 is 4.22. The lowest BCUT2D eigenvalue weighted by molar-refractivity contribution is -0.876. The number of hydrogen-bond donors (Lipinski definition) is 2. The summed E-state index contributed by atoms with van der Waals surface area (Å²) in [5, 5.41) is 4.61. The van der Waals surface area contributed by atoms with Crippen molar-refractivity contribution < 1.29 is 23.5 Å². The van der Waals surface area contributed by atoms with Crippen molar-refractivity contribution >= 4 is 24.3 Å². The van der Waals surface area contributed by atoms with Crippen molar-refractivity contribution in [2.75, 3.05) is 40.3 Å². The highest BCUT2D eigenvalue weighted by molar-refractivity contribution is 7.83. The lowest BCUT2D eigenvalue weighted by atomic mass is 10.0.